The van der Waals surface area contributed by atoms with Gasteiger partial charge in [0.1, 0.15) is 5.76 Å². The van der Waals surface area contributed by atoms with Crippen molar-refractivity contribution in [2.45, 2.75) is 6.18 Å². The molecule has 0 bridgehead atoms. The topological polar surface area (TPSA) is 20.2 Å². The second kappa shape index (κ2) is 4.88. The molecule has 1 aromatic carbocycles. The fraction of sp³-hybridized carbons (Fsp3) is 0.100. The third-order valence-electron chi connectivity index (χ3n) is 1.77. The van der Waals surface area contributed by atoms with E-state index >= 15 is 0 Å². The predicted octanol–water partition coefficient (Wildman–Crippen LogP) is 3.86. The number of aliphatic hydroxyl groups excluding tert-OH is 1. The highest BCUT2D eigenvalue weighted by Gasteiger charge is 2.29. The number of aliphatic hydroxyl groups is 1. The summed E-state index contributed by atoms with van der Waals surface area (Å²) >= 11 is 8.37. The van der Waals surface area contributed by atoms with E-state index in [0.29, 0.717) is 0 Å². The van der Waals surface area contributed by atoms with Crippen molar-refractivity contribution in [3.63, 3.8) is 0 Å². The van der Waals surface area contributed by atoms with E-state index in [4.69, 9.17) is 0 Å². The van der Waals surface area contributed by atoms with Gasteiger partial charge >= 0.3 is 6.18 Å². The number of thiocarbonyl (C=S) groups is 1. The van der Waals surface area contributed by atoms with Gasteiger partial charge in [-0.2, -0.15) is 13.2 Å². The maximum atomic E-state index is 12.2. The van der Waals surface area contributed by atoms with Crippen molar-refractivity contribution in [1.82, 2.24) is 0 Å². The Kier molecular flexibility index (Phi) is 3.98. The van der Waals surface area contributed by atoms with E-state index in [1.807, 2.05) is 0 Å². The van der Waals surface area contributed by atoms with E-state index in [2.05, 4.69) is 24.8 Å². The number of thiol groups is 1. The zero-order valence-electron chi connectivity index (χ0n) is 7.82. The van der Waals surface area contributed by atoms with Crippen LogP contribution in [0, 0.1) is 0 Å². The van der Waals surface area contributed by atoms with Crippen molar-refractivity contribution in [1.29, 1.82) is 0 Å². The number of hydrogen-bond donors (Lipinski definition) is 2. The Morgan fingerprint density at radius 3 is 2.12 bits per heavy atom. The van der Waals surface area contributed by atoms with Gasteiger partial charge in [0.15, 0.2) is 0 Å². The summed E-state index contributed by atoms with van der Waals surface area (Å²) in [5.41, 5.74) is -0.512. The van der Waals surface area contributed by atoms with Crippen LogP contribution in [0.15, 0.2) is 30.3 Å². The van der Waals surface area contributed by atoms with Gasteiger partial charge in [-0.15, -0.1) is 12.6 Å². The van der Waals surface area contributed by atoms with Crippen LogP contribution in [0.5, 0.6) is 0 Å². The predicted molar refractivity (Wildman–Crippen MR) is 63.6 cm³/mol. The molecule has 0 aliphatic rings. The van der Waals surface area contributed by atoms with Crippen LogP contribution in [0.4, 0.5) is 13.2 Å². The first-order valence-electron chi connectivity index (χ1n) is 4.12. The summed E-state index contributed by atoms with van der Waals surface area (Å²) in [4.78, 5) is 0. The molecule has 1 aromatic rings. The van der Waals surface area contributed by atoms with Gasteiger partial charge in [0.25, 0.3) is 0 Å². The van der Waals surface area contributed by atoms with Crippen LogP contribution >= 0.6 is 24.8 Å². The van der Waals surface area contributed by atoms with Gasteiger partial charge in [-0.25, -0.2) is 0 Å². The Bertz CT molecular complexity index is 421. The highest BCUT2D eigenvalue weighted by Crippen LogP contribution is 2.29. The van der Waals surface area contributed by atoms with Crippen LogP contribution in [-0.2, 0) is 6.18 Å². The number of benzene rings is 1. The van der Waals surface area contributed by atoms with Crippen molar-refractivity contribution >= 4 is 34.8 Å². The van der Waals surface area contributed by atoms with Crippen LogP contribution in [0.1, 0.15) is 11.1 Å². The molecule has 1 N–H and O–H groups in total. The standard InChI is InChI=1S/C10H7F3OS2/c11-10(12,13)7-3-1-6(2-4-7)8(14)5-9(15)16/h1-5,14H,(H,15,16)/b8-5+. The van der Waals surface area contributed by atoms with Crippen LogP contribution in [0.25, 0.3) is 5.76 Å². The van der Waals surface area contributed by atoms with E-state index in [1.54, 1.807) is 0 Å². The van der Waals surface area contributed by atoms with E-state index in [0.717, 1.165) is 12.1 Å². The minimum atomic E-state index is -4.38. The maximum Gasteiger partial charge on any atom is 0.416 e. The summed E-state index contributed by atoms with van der Waals surface area (Å²) in [5.74, 6) is -0.214. The Morgan fingerprint density at radius 1 is 1.25 bits per heavy atom. The number of alkyl halides is 3. The second-order valence-electron chi connectivity index (χ2n) is 2.94. The van der Waals surface area contributed by atoms with Crippen LogP contribution in [0.2, 0.25) is 0 Å². The molecule has 6 heteroatoms. The van der Waals surface area contributed by atoms with Gasteiger partial charge in [-0.3, -0.25) is 0 Å². The summed E-state index contributed by atoms with van der Waals surface area (Å²) in [6, 6.07) is 4.11. The SMILES string of the molecule is O/C(=C/C(=S)S)c1ccc(C(F)(F)F)cc1. The lowest BCUT2D eigenvalue weighted by Gasteiger charge is -2.07. The average molecular weight is 264 g/mol. The van der Waals surface area contributed by atoms with E-state index in [9.17, 15) is 18.3 Å². The lowest BCUT2D eigenvalue weighted by Crippen LogP contribution is -2.04. The smallest absolute Gasteiger partial charge is 0.416 e. The summed E-state index contributed by atoms with van der Waals surface area (Å²) in [6.07, 6.45) is -3.20. The molecule has 1 nitrogen and oxygen atoms in total. The van der Waals surface area contributed by atoms with Crippen molar-refractivity contribution in [2.24, 2.45) is 0 Å². The normalized spacial score (nSPS) is 12.6. The monoisotopic (exact) mass is 264 g/mol. The lowest BCUT2D eigenvalue weighted by atomic mass is 10.1. The summed E-state index contributed by atoms with van der Waals surface area (Å²) < 4.78 is 36.8. The number of rotatable bonds is 2. The molecule has 0 unspecified atom stereocenters. The molecule has 0 saturated carbocycles. The lowest BCUT2D eigenvalue weighted by molar-refractivity contribution is -0.137. The molecule has 86 valence electrons. The first kappa shape index (κ1) is 13.1. The Labute approximate surface area is 101 Å². The molecule has 0 spiro atoms. The van der Waals surface area contributed by atoms with Crippen LogP contribution < -0.4 is 0 Å². The first-order chi connectivity index (χ1) is 7.30. The molecular weight excluding hydrogens is 257 g/mol. The molecule has 16 heavy (non-hydrogen) atoms. The van der Waals surface area contributed by atoms with Crippen LogP contribution in [0.3, 0.4) is 0 Å². The van der Waals surface area contributed by atoms with E-state index in [-0.39, 0.29) is 15.5 Å². The zero-order valence-corrected chi connectivity index (χ0v) is 9.53. The maximum absolute atomic E-state index is 12.2. The van der Waals surface area contributed by atoms with Crippen molar-refractivity contribution < 1.29 is 18.3 Å². The summed E-state index contributed by atoms with van der Waals surface area (Å²) in [5, 5.41) is 9.43. The van der Waals surface area contributed by atoms with E-state index < -0.39 is 11.7 Å². The molecule has 0 amide bonds. The largest absolute Gasteiger partial charge is 0.507 e. The van der Waals surface area contributed by atoms with Crippen molar-refractivity contribution in [3.8, 4) is 0 Å². The third kappa shape index (κ3) is 3.53. The van der Waals surface area contributed by atoms with Crippen molar-refractivity contribution in [3.05, 3.63) is 41.5 Å². The highest BCUT2D eigenvalue weighted by molar-refractivity contribution is 8.11. The second-order valence-corrected chi connectivity index (χ2v) is 4.17. The highest BCUT2D eigenvalue weighted by atomic mass is 32.1. The van der Waals surface area contributed by atoms with E-state index in [1.165, 1.54) is 18.2 Å². The van der Waals surface area contributed by atoms with Crippen LogP contribution in [-0.4, -0.2) is 9.30 Å². The zero-order chi connectivity index (χ0) is 12.3. The molecular formula is C10H7F3OS2. The van der Waals surface area contributed by atoms with Crippen molar-refractivity contribution in [2.75, 3.05) is 0 Å². The average Bonchev–Trinajstić information content (AvgIpc) is 2.15. The fourth-order valence-electron chi connectivity index (χ4n) is 1.03. The summed E-state index contributed by atoms with van der Waals surface area (Å²) in [6.45, 7) is 0. The van der Waals surface area contributed by atoms with Gasteiger partial charge in [-0.1, -0.05) is 24.4 Å². The minimum Gasteiger partial charge on any atom is -0.507 e. The fourth-order valence-corrected chi connectivity index (χ4v) is 1.26. The molecule has 0 aliphatic heterocycles. The molecule has 0 radical (unpaired) electrons. The quantitative estimate of drug-likeness (QED) is 0.366. The number of halogens is 3. The Morgan fingerprint density at radius 2 is 1.75 bits per heavy atom. The molecule has 0 heterocycles. The Hall–Kier alpha value is -1.01. The molecule has 0 saturated heterocycles. The van der Waals surface area contributed by atoms with Gasteiger partial charge in [0.2, 0.25) is 0 Å². The molecule has 0 aliphatic carbocycles. The summed E-state index contributed by atoms with van der Waals surface area (Å²) in [7, 11) is 0. The van der Waals surface area contributed by atoms with Gasteiger partial charge in [0, 0.05) is 11.6 Å². The first-order valence-corrected chi connectivity index (χ1v) is 4.97. The molecule has 1 rings (SSSR count). The van der Waals surface area contributed by atoms with Gasteiger partial charge in [0.05, 0.1) is 9.76 Å². The minimum absolute atomic E-state index is 0.150. The third-order valence-corrected chi connectivity index (χ3v) is 2.02. The molecule has 0 atom stereocenters. The molecule has 0 aromatic heterocycles. The number of hydrogen-bond acceptors (Lipinski definition) is 2. The molecule has 0 fully saturated rings. The van der Waals surface area contributed by atoms with Gasteiger partial charge in [-0.05, 0) is 12.1 Å². The van der Waals surface area contributed by atoms with Gasteiger partial charge < -0.3 is 5.11 Å². The Balaban J connectivity index is 3.00.